The van der Waals surface area contributed by atoms with Crippen LogP contribution in [0, 0.1) is 17.8 Å². The molecule has 15 N–H and O–H groups in total. The summed E-state index contributed by atoms with van der Waals surface area (Å²) in [4.78, 5) is 24.7. The minimum absolute atomic E-state index is 0. The maximum Gasteiger partial charge on any atom is 0.762 e. The van der Waals surface area contributed by atoms with Gasteiger partial charge in [-0.1, -0.05) is 0 Å². The lowest BCUT2D eigenvalue weighted by Gasteiger charge is -2.13. The molecule has 4 rings (SSSR count). The molecular formula is C38H71BClF4N5O19S2. The third kappa shape index (κ3) is 34.8. The molecule has 412 valence electrons. The van der Waals surface area contributed by atoms with Crippen LogP contribution in [0.5, 0.6) is 0 Å². The number of aliphatic hydroxyl groups excluding tert-OH is 9. The Hall–Kier alpha value is -3.51. The van der Waals surface area contributed by atoms with Crippen LogP contribution in [0.25, 0.3) is 0 Å². The molecule has 1 aromatic heterocycles. The van der Waals surface area contributed by atoms with E-state index in [1.165, 1.54) is 14.2 Å². The molecule has 3 fully saturated rings. The Balaban J connectivity index is -0.000000249. The number of nitrogens with zero attached hydrogens (tertiary/aromatic N) is 3. The van der Waals surface area contributed by atoms with E-state index in [1.807, 2.05) is 39.3 Å². The van der Waals surface area contributed by atoms with Crippen molar-refractivity contribution in [2.75, 3.05) is 74.7 Å². The van der Waals surface area contributed by atoms with Crippen LogP contribution in [-0.2, 0) is 34.5 Å². The molecule has 1 aromatic rings. The Kier molecular flexibility index (Phi) is 41.1. The highest BCUT2D eigenvalue weighted by Crippen LogP contribution is 2.31. The van der Waals surface area contributed by atoms with Gasteiger partial charge < -0.3 is 93.5 Å². The first kappa shape index (κ1) is 75.4. The number of methoxy groups -OCH3 is 2. The fourth-order valence-corrected chi connectivity index (χ4v) is 6.14. The van der Waals surface area contributed by atoms with E-state index in [0.29, 0.717) is 42.9 Å². The molecule has 3 aliphatic carbocycles. The molecular weight excluding hydrogens is 1020 g/mol. The molecule has 70 heavy (non-hydrogen) atoms. The van der Waals surface area contributed by atoms with Crippen LogP contribution in [0.2, 0.25) is 0 Å². The zero-order valence-corrected chi connectivity index (χ0v) is 42.2. The van der Waals surface area contributed by atoms with Crippen molar-refractivity contribution < 1.29 is 136 Å². The van der Waals surface area contributed by atoms with Crippen molar-refractivity contribution >= 4 is 45.9 Å². The lowest BCUT2D eigenvalue weighted by molar-refractivity contribution is -0.729. The highest BCUT2D eigenvalue weighted by Gasteiger charge is 2.46. The van der Waals surface area contributed by atoms with Crippen molar-refractivity contribution in [2.24, 2.45) is 23.5 Å². The number of rotatable bonds is 9. The van der Waals surface area contributed by atoms with Crippen molar-refractivity contribution in [3.63, 3.8) is 0 Å². The molecule has 0 spiro atoms. The SMILES string of the molecule is COC(=O)C(=CC=CN(C)C)C=[N+](C)C.COC(=O)c1ccc[n+](C2CC(CO)C(O)C2O)c1.CS(=O)(=O)O.CS(=O)(=O)[O-].FB(F)F.NC1CC(CO)C(O)C1O.[Cl-].[F-].[NH3+]C1CC(CO)C(O)C1O. The van der Waals surface area contributed by atoms with Gasteiger partial charge in [0.15, 0.2) is 24.7 Å². The summed E-state index contributed by atoms with van der Waals surface area (Å²) in [6.45, 7) is -0.345. The molecule has 24 nitrogen and oxygen atoms in total. The number of aromatic nitrogens is 1. The number of hydrogen-bond donors (Lipinski definition) is 12. The Morgan fingerprint density at radius 1 is 0.871 bits per heavy atom. The van der Waals surface area contributed by atoms with E-state index >= 15 is 0 Å². The van der Waals surface area contributed by atoms with E-state index in [9.17, 15) is 46.3 Å². The fourth-order valence-electron chi connectivity index (χ4n) is 6.14. The number of hydrogen-bond acceptors (Lipinski definition) is 20. The summed E-state index contributed by atoms with van der Waals surface area (Å²) in [6.07, 6.45) is 8.09. The van der Waals surface area contributed by atoms with Gasteiger partial charge in [0, 0.05) is 82.9 Å². The Labute approximate surface area is 411 Å². The molecule has 0 saturated heterocycles. The number of esters is 2. The molecule has 3 saturated carbocycles. The number of halogens is 5. The predicted octanol–water partition coefficient (Wildman–Crippen LogP) is -11.5. The first-order valence-corrected chi connectivity index (χ1v) is 23.8. The second kappa shape index (κ2) is 38.2. The van der Waals surface area contributed by atoms with Gasteiger partial charge in [-0.2, -0.15) is 13.0 Å². The number of aliphatic hydroxyl groups is 9. The van der Waals surface area contributed by atoms with E-state index in [-0.39, 0.29) is 78.8 Å². The van der Waals surface area contributed by atoms with E-state index < -0.39 is 70.4 Å². The molecule has 32 heteroatoms. The fraction of sp³-hybridized carbons (Fsp3) is 0.684. The van der Waals surface area contributed by atoms with Crippen LogP contribution in [-0.4, -0.2) is 231 Å². The third-order valence-corrected chi connectivity index (χ3v) is 9.35. The van der Waals surface area contributed by atoms with Gasteiger partial charge in [-0.3, -0.25) is 17.5 Å². The monoisotopic (exact) mass is 1090 g/mol. The van der Waals surface area contributed by atoms with Crippen molar-refractivity contribution in [3.8, 4) is 0 Å². The molecule has 0 aromatic carbocycles. The molecule has 0 bridgehead atoms. The lowest BCUT2D eigenvalue weighted by Crippen LogP contribution is -3.00. The highest BCUT2D eigenvalue weighted by atomic mass is 35.5. The van der Waals surface area contributed by atoms with Gasteiger partial charge in [0.2, 0.25) is 0 Å². The van der Waals surface area contributed by atoms with Crippen LogP contribution in [0.3, 0.4) is 0 Å². The number of allylic oxidation sites excluding steroid dienone is 2. The van der Waals surface area contributed by atoms with Gasteiger partial charge in [-0.05, 0) is 30.8 Å². The quantitative estimate of drug-likeness (QED) is 0.0160. The van der Waals surface area contributed by atoms with Gasteiger partial charge >= 0.3 is 19.5 Å². The molecule has 12 unspecified atom stereocenters. The first-order chi connectivity index (χ1) is 31.1. The summed E-state index contributed by atoms with van der Waals surface area (Å²) in [7, 11) is -1.04. The highest BCUT2D eigenvalue weighted by molar-refractivity contribution is 7.85. The zero-order valence-electron chi connectivity index (χ0n) is 39.8. The molecule has 3 aliphatic rings. The molecule has 1 heterocycles. The number of quaternary nitrogens is 1. The molecule has 12 atom stereocenters. The van der Waals surface area contributed by atoms with E-state index in [1.54, 1.807) is 52.0 Å². The van der Waals surface area contributed by atoms with Gasteiger partial charge in [0.05, 0.1) is 55.0 Å². The summed E-state index contributed by atoms with van der Waals surface area (Å²) in [6, 6.07) is 2.41. The number of carbonyl (C=O) groups excluding carboxylic acids is 2. The molecule has 0 amide bonds. The molecule has 0 aliphatic heterocycles. The van der Waals surface area contributed by atoms with E-state index in [2.05, 4.69) is 15.2 Å². The van der Waals surface area contributed by atoms with Gasteiger partial charge in [-0.15, -0.1) is 0 Å². The zero-order chi connectivity index (χ0) is 53.9. The Bertz CT molecular complexity index is 1860. The lowest BCUT2D eigenvalue weighted by atomic mass is 10.1. The minimum atomic E-state index is -3.92. The topological polar surface area (TPSA) is 410 Å². The van der Waals surface area contributed by atoms with Gasteiger partial charge in [0.25, 0.3) is 10.1 Å². The maximum atomic E-state index is 11.5. The second-order valence-electron chi connectivity index (χ2n) is 15.7. The standard InChI is InChI=1S/C13H18NO5.C11H19N2O2.2C6H13NO3.2CH4O3S.BF3.ClH.FH/c1-19-13(18)8-3-2-4-14(6-8)10-5-9(7-15)11(16)12(10)17;1-12(2)8-6-7-10(9-13(3)4)11(14)15-5;2*7-4-1-3(2-8)5(9)6(4)10;2*1-5(2,3)4;2-1(3)4;;/h2-4,6,9-12,15-17H,5,7H2,1H3;6-9H,1-5H3;2*3-6,8-10H,1-2,7H2;2*1H3,(H,2,3,4);;2*1H/q2*+1;;;;;;;/p-2. The summed E-state index contributed by atoms with van der Waals surface area (Å²) < 4.78 is 94.9. The van der Waals surface area contributed by atoms with Gasteiger partial charge in [0.1, 0.15) is 43.5 Å². The molecule has 0 radical (unpaired) electrons. The number of ether oxygens (including phenoxy) is 2. The third-order valence-electron chi connectivity index (χ3n) is 9.35. The number of pyridine rings is 1. The van der Waals surface area contributed by atoms with Crippen LogP contribution in [0.1, 0.15) is 35.7 Å². The van der Waals surface area contributed by atoms with Crippen molar-refractivity contribution in [1.82, 2.24) is 4.90 Å². The summed E-state index contributed by atoms with van der Waals surface area (Å²) in [5, 5.41) is 82.8. The average molecular weight is 1090 g/mol. The van der Waals surface area contributed by atoms with Crippen LogP contribution in [0.4, 0.5) is 12.9 Å². The van der Waals surface area contributed by atoms with Crippen LogP contribution < -0.4 is 33.1 Å². The van der Waals surface area contributed by atoms with Crippen molar-refractivity contribution in [2.45, 2.75) is 74.0 Å². The maximum absolute atomic E-state index is 11.5. The average Bonchev–Trinajstić information content (AvgIpc) is 3.77. The number of nitrogens with two attached hydrogens (primary N) is 1. The second-order valence-corrected chi connectivity index (χ2v) is 18.6. The predicted molar refractivity (Wildman–Crippen MR) is 237 cm³/mol. The Morgan fingerprint density at radius 2 is 1.29 bits per heavy atom. The normalized spacial score (nSPS) is 26.4. The van der Waals surface area contributed by atoms with Crippen molar-refractivity contribution in [3.05, 3.63) is 54.0 Å². The van der Waals surface area contributed by atoms with Gasteiger partial charge in [-0.25, -0.2) is 22.6 Å². The van der Waals surface area contributed by atoms with E-state index in [0.717, 1.165) is 0 Å². The summed E-state index contributed by atoms with van der Waals surface area (Å²) in [5.74, 6) is -1.58. The van der Waals surface area contributed by atoms with E-state index in [4.69, 9.17) is 53.9 Å². The number of carbonyl (C=O) groups is 2. The Morgan fingerprint density at radius 3 is 1.59 bits per heavy atom. The largest absolute Gasteiger partial charge is 1.00 e. The smallest absolute Gasteiger partial charge is 0.762 e. The first-order valence-electron chi connectivity index (χ1n) is 20.1. The summed E-state index contributed by atoms with van der Waals surface area (Å²) in [5.41, 5.74) is 9.95. The summed E-state index contributed by atoms with van der Waals surface area (Å²) >= 11 is 0. The van der Waals surface area contributed by atoms with Crippen LogP contribution >= 0.6 is 0 Å². The minimum Gasteiger partial charge on any atom is -1.00 e. The van der Waals surface area contributed by atoms with Crippen LogP contribution in [0.15, 0.2) is 48.5 Å². The van der Waals surface area contributed by atoms with Crippen molar-refractivity contribution in [1.29, 1.82) is 0 Å².